The Hall–Kier alpha value is -0.470. The van der Waals surface area contributed by atoms with Crippen LogP contribution in [0.15, 0.2) is 16.3 Å². The number of ether oxygens (including phenoxy) is 1. The predicted octanol–water partition coefficient (Wildman–Crippen LogP) is 1.95. The average Bonchev–Trinajstić information content (AvgIpc) is 3.03. The fourth-order valence-corrected chi connectivity index (χ4v) is 4.82. The van der Waals surface area contributed by atoms with Crippen molar-refractivity contribution in [2.45, 2.75) is 50.8 Å². The van der Waals surface area contributed by atoms with Crippen molar-refractivity contribution in [1.82, 2.24) is 10.0 Å². The van der Waals surface area contributed by atoms with Crippen LogP contribution in [0, 0.1) is 5.92 Å². The van der Waals surface area contributed by atoms with Crippen LogP contribution in [0.3, 0.4) is 0 Å². The number of nitrogens with one attached hydrogen (secondary N) is 2. The lowest BCUT2D eigenvalue weighted by molar-refractivity contribution is 0.107. The van der Waals surface area contributed by atoms with E-state index in [0.717, 1.165) is 17.9 Å². The minimum absolute atomic E-state index is 0.122. The lowest BCUT2D eigenvalue weighted by Gasteiger charge is -2.15. The second-order valence-corrected chi connectivity index (χ2v) is 8.46. The Morgan fingerprint density at radius 3 is 2.86 bits per heavy atom. The van der Waals surface area contributed by atoms with Crippen LogP contribution in [0.2, 0.25) is 0 Å². The number of thiophene rings is 1. The van der Waals surface area contributed by atoms with Gasteiger partial charge in [-0.15, -0.1) is 11.3 Å². The molecule has 0 spiro atoms. The standard InChI is InChI=1S/C14H24N2O3S2/c1-10(2)15-9-13-14(5-7-20-13)21(17,18)16-8-12-4-6-19-11(12)3/h5,7,10-12,15-16H,4,6,8-9H2,1-3H3. The van der Waals surface area contributed by atoms with Crippen molar-refractivity contribution in [3.8, 4) is 0 Å². The van der Waals surface area contributed by atoms with Gasteiger partial charge in [-0.3, -0.25) is 0 Å². The maximum Gasteiger partial charge on any atom is 0.241 e. The zero-order valence-corrected chi connectivity index (χ0v) is 14.4. The Kier molecular flexibility index (Phi) is 5.79. The molecular formula is C14H24N2O3S2. The van der Waals surface area contributed by atoms with Gasteiger partial charge in [0.15, 0.2) is 0 Å². The molecule has 2 atom stereocenters. The summed E-state index contributed by atoms with van der Waals surface area (Å²) >= 11 is 1.47. The van der Waals surface area contributed by atoms with Gasteiger partial charge >= 0.3 is 0 Å². The first-order valence-corrected chi connectivity index (χ1v) is 9.67. The van der Waals surface area contributed by atoms with E-state index in [1.165, 1.54) is 11.3 Å². The van der Waals surface area contributed by atoms with E-state index in [0.29, 0.717) is 24.0 Å². The smallest absolute Gasteiger partial charge is 0.241 e. The maximum absolute atomic E-state index is 12.4. The summed E-state index contributed by atoms with van der Waals surface area (Å²) in [6.07, 6.45) is 1.03. The van der Waals surface area contributed by atoms with Crippen molar-refractivity contribution in [2.24, 2.45) is 5.92 Å². The van der Waals surface area contributed by atoms with Gasteiger partial charge in [0.05, 0.1) is 11.0 Å². The summed E-state index contributed by atoms with van der Waals surface area (Å²) in [7, 11) is -3.44. The normalized spacial score (nSPS) is 23.0. The lowest BCUT2D eigenvalue weighted by atomic mass is 10.0. The SMILES string of the molecule is CC(C)NCc1sccc1S(=O)(=O)NCC1CCOC1C. The molecule has 7 heteroatoms. The van der Waals surface area contributed by atoms with Crippen molar-refractivity contribution < 1.29 is 13.2 Å². The van der Waals surface area contributed by atoms with Crippen molar-refractivity contribution in [2.75, 3.05) is 13.2 Å². The van der Waals surface area contributed by atoms with Crippen LogP contribution in [-0.4, -0.2) is 33.7 Å². The van der Waals surface area contributed by atoms with Crippen LogP contribution in [0.4, 0.5) is 0 Å². The second kappa shape index (κ2) is 7.19. The highest BCUT2D eigenvalue weighted by molar-refractivity contribution is 7.89. The second-order valence-electron chi connectivity index (χ2n) is 5.72. The molecule has 0 amide bonds. The maximum atomic E-state index is 12.4. The summed E-state index contributed by atoms with van der Waals surface area (Å²) in [4.78, 5) is 1.25. The van der Waals surface area contributed by atoms with Gasteiger partial charge in [-0.05, 0) is 24.8 Å². The highest BCUT2D eigenvalue weighted by Crippen LogP contribution is 2.24. The monoisotopic (exact) mass is 332 g/mol. The topological polar surface area (TPSA) is 67.4 Å². The first-order chi connectivity index (χ1) is 9.90. The number of sulfonamides is 1. The summed E-state index contributed by atoms with van der Waals surface area (Å²) in [5.74, 6) is 0.260. The summed E-state index contributed by atoms with van der Waals surface area (Å²) in [5.41, 5.74) is 0. The number of hydrogen-bond acceptors (Lipinski definition) is 5. The molecule has 0 radical (unpaired) electrons. The van der Waals surface area contributed by atoms with E-state index in [9.17, 15) is 8.42 Å². The van der Waals surface area contributed by atoms with E-state index < -0.39 is 10.0 Å². The van der Waals surface area contributed by atoms with Gasteiger partial charge in [-0.1, -0.05) is 13.8 Å². The Bertz CT molecular complexity index is 554. The molecule has 0 aliphatic carbocycles. The first kappa shape index (κ1) is 16.9. The van der Waals surface area contributed by atoms with Crippen LogP contribution >= 0.6 is 11.3 Å². The molecule has 0 saturated carbocycles. The van der Waals surface area contributed by atoms with E-state index >= 15 is 0 Å². The Labute approximate surface area is 131 Å². The van der Waals surface area contributed by atoms with Gasteiger partial charge in [0.2, 0.25) is 10.0 Å². The third kappa shape index (κ3) is 4.50. The van der Waals surface area contributed by atoms with Gasteiger partial charge in [0.1, 0.15) is 0 Å². The minimum atomic E-state index is -3.44. The third-order valence-corrected chi connectivity index (χ3v) is 6.29. The number of hydrogen-bond donors (Lipinski definition) is 2. The Morgan fingerprint density at radius 1 is 1.48 bits per heavy atom. The van der Waals surface area contributed by atoms with Crippen molar-refractivity contribution in [3.05, 3.63) is 16.3 Å². The van der Waals surface area contributed by atoms with Crippen LogP contribution in [0.5, 0.6) is 0 Å². The molecule has 2 rings (SSSR count). The average molecular weight is 332 g/mol. The molecule has 0 aromatic carbocycles. The molecule has 2 heterocycles. The van der Waals surface area contributed by atoms with E-state index in [1.54, 1.807) is 6.07 Å². The summed E-state index contributed by atoms with van der Waals surface area (Å²) < 4.78 is 33.1. The first-order valence-electron chi connectivity index (χ1n) is 7.31. The van der Waals surface area contributed by atoms with Crippen molar-refractivity contribution >= 4 is 21.4 Å². The molecule has 21 heavy (non-hydrogen) atoms. The van der Waals surface area contributed by atoms with E-state index in [1.807, 2.05) is 26.2 Å². The van der Waals surface area contributed by atoms with Crippen LogP contribution in [-0.2, 0) is 21.3 Å². The summed E-state index contributed by atoms with van der Waals surface area (Å²) in [6, 6.07) is 2.01. The minimum Gasteiger partial charge on any atom is -0.378 e. The molecular weight excluding hydrogens is 308 g/mol. The molecule has 1 aliphatic rings. The highest BCUT2D eigenvalue weighted by atomic mass is 32.2. The summed E-state index contributed by atoms with van der Waals surface area (Å²) in [5, 5.41) is 5.09. The number of rotatable bonds is 7. The predicted molar refractivity (Wildman–Crippen MR) is 85.0 cm³/mol. The van der Waals surface area contributed by atoms with E-state index in [4.69, 9.17) is 4.74 Å². The van der Waals surface area contributed by atoms with Gasteiger partial charge in [0.25, 0.3) is 0 Å². The van der Waals surface area contributed by atoms with Crippen molar-refractivity contribution in [1.29, 1.82) is 0 Å². The molecule has 2 N–H and O–H groups in total. The zero-order valence-electron chi connectivity index (χ0n) is 12.8. The molecule has 1 fully saturated rings. The molecule has 120 valence electrons. The fraction of sp³-hybridized carbons (Fsp3) is 0.714. The Morgan fingerprint density at radius 2 is 2.24 bits per heavy atom. The van der Waals surface area contributed by atoms with Crippen molar-refractivity contribution in [3.63, 3.8) is 0 Å². The Balaban J connectivity index is 2.00. The van der Waals surface area contributed by atoms with Gasteiger partial charge < -0.3 is 10.1 Å². The van der Waals surface area contributed by atoms with E-state index in [2.05, 4.69) is 10.0 Å². The third-order valence-electron chi connectivity index (χ3n) is 3.73. The van der Waals surface area contributed by atoms with Crippen LogP contribution in [0.25, 0.3) is 0 Å². The quantitative estimate of drug-likeness (QED) is 0.801. The zero-order chi connectivity index (χ0) is 15.5. The van der Waals surface area contributed by atoms with Gasteiger partial charge in [-0.25, -0.2) is 13.1 Å². The van der Waals surface area contributed by atoms with Crippen LogP contribution in [0.1, 0.15) is 32.1 Å². The van der Waals surface area contributed by atoms with Gasteiger partial charge in [-0.2, -0.15) is 0 Å². The molecule has 1 aliphatic heterocycles. The largest absolute Gasteiger partial charge is 0.378 e. The van der Waals surface area contributed by atoms with Crippen LogP contribution < -0.4 is 10.0 Å². The highest BCUT2D eigenvalue weighted by Gasteiger charge is 2.27. The van der Waals surface area contributed by atoms with Gasteiger partial charge in [0, 0.05) is 36.5 Å². The molecule has 1 aromatic rings. The fourth-order valence-electron chi connectivity index (χ4n) is 2.33. The molecule has 1 saturated heterocycles. The molecule has 0 bridgehead atoms. The molecule has 2 unspecified atom stereocenters. The lowest BCUT2D eigenvalue weighted by Crippen LogP contribution is -2.32. The summed E-state index contributed by atoms with van der Waals surface area (Å²) in [6.45, 7) is 7.82. The molecule has 5 nitrogen and oxygen atoms in total. The van der Waals surface area contributed by atoms with E-state index in [-0.39, 0.29) is 12.0 Å². The molecule has 1 aromatic heterocycles.